The summed E-state index contributed by atoms with van der Waals surface area (Å²) in [6.45, 7) is 6.56. The molecule has 0 rings (SSSR count). The second kappa shape index (κ2) is 4.78. The van der Waals surface area contributed by atoms with Gasteiger partial charge in [0.15, 0.2) is 0 Å². The van der Waals surface area contributed by atoms with Gasteiger partial charge in [-0.3, -0.25) is 0 Å². The van der Waals surface area contributed by atoms with E-state index in [0.29, 0.717) is 0 Å². The third-order valence-electron chi connectivity index (χ3n) is 0.735. The summed E-state index contributed by atoms with van der Waals surface area (Å²) in [7, 11) is 0. The standard InChI is InChI=1S/C6H11NS/c1-3-5-7-6(8)4-2/h4H,2-3,5H2,1H3,(H,7,8). The molecule has 0 spiro atoms. The molecule has 0 aromatic heterocycles. The fourth-order valence-corrected chi connectivity index (χ4v) is 0.422. The van der Waals surface area contributed by atoms with E-state index in [0.717, 1.165) is 18.0 Å². The first-order chi connectivity index (χ1) is 3.81. The van der Waals surface area contributed by atoms with Crippen molar-refractivity contribution in [2.45, 2.75) is 13.3 Å². The number of thiocarbonyl (C=S) groups is 1. The Labute approximate surface area is 55.8 Å². The molecule has 1 nitrogen and oxygen atoms in total. The molecule has 0 aromatic rings. The van der Waals surface area contributed by atoms with E-state index in [1.165, 1.54) is 0 Å². The largest absolute Gasteiger partial charge is 0.376 e. The lowest BCUT2D eigenvalue weighted by atomic mass is 10.5. The molecule has 0 bridgehead atoms. The van der Waals surface area contributed by atoms with E-state index in [1.54, 1.807) is 6.08 Å². The van der Waals surface area contributed by atoms with Crippen molar-refractivity contribution in [1.82, 2.24) is 5.32 Å². The first kappa shape index (κ1) is 7.63. The van der Waals surface area contributed by atoms with Crippen molar-refractivity contribution in [3.05, 3.63) is 12.7 Å². The zero-order valence-electron chi connectivity index (χ0n) is 5.11. The number of hydrogen-bond donors (Lipinski definition) is 1. The van der Waals surface area contributed by atoms with Crippen LogP contribution in [0, 0.1) is 0 Å². The molecule has 0 unspecified atom stereocenters. The van der Waals surface area contributed by atoms with Gasteiger partial charge in [0.05, 0.1) is 4.99 Å². The van der Waals surface area contributed by atoms with Gasteiger partial charge in [0, 0.05) is 6.54 Å². The van der Waals surface area contributed by atoms with Crippen LogP contribution >= 0.6 is 12.2 Å². The van der Waals surface area contributed by atoms with Gasteiger partial charge >= 0.3 is 0 Å². The van der Waals surface area contributed by atoms with Crippen LogP contribution < -0.4 is 5.32 Å². The van der Waals surface area contributed by atoms with Crippen molar-refractivity contribution < 1.29 is 0 Å². The van der Waals surface area contributed by atoms with E-state index in [9.17, 15) is 0 Å². The fourth-order valence-electron chi connectivity index (χ4n) is 0.320. The third kappa shape index (κ3) is 3.81. The Morgan fingerprint density at radius 2 is 2.50 bits per heavy atom. The fraction of sp³-hybridized carbons (Fsp3) is 0.500. The summed E-state index contributed by atoms with van der Waals surface area (Å²) in [6.07, 6.45) is 2.75. The lowest BCUT2D eigenvalue weighted by molar-refractivity contribution is 0.850. The van der Waals surface area contributed by atoms with Crippen LogP contribution in [0.25, 0.3) is 0 Å². The number of nitrogens with one attached hydrogen (secondary N) is 1. The molecule has 0 radical (unpaired) electrons. The van der Waals surface area contributed by atoms with Crippen molar-refractivity contribution >= 4 is 17.2 Å². The smallest absolute Gasteiger partial charge is 0.0982 e. The Bertz CT molecular complexity index is 88.5. The lowest BCUT2D eigenvalue weighted by Crippen LogP contribution is -2.19. The Hall–Kier alpha value is -0.370. The van der Waals surface area contributed by atoms with Crippen molar-refractivity contribution in [2.75, 3.05) is 6.54 Å². The molecule has 8 heavy (non-hydrogen) atoms. The lowest BCUT2D eigenvalue weighted by Gasteiger charge is -1.98. The summed E-state index contributed by atoms with van der Waals surface area (Å²) in [4.78, 5) is 0.742. The van der Waals surface area contributed by atoms with Crippen LogP contribution in [0.3, 0.4) is 0 Å². The summed E-state index contributed by atoms with van der Waals surface area (Å²) in [5.41, 5.74) is 0. The SMILES string of the molecule is C=CC(=S)NCCC. The van der Waals surface area contributed by atoms with Crippen LogP contribution in [0.2, 0.25) is 0 Å². The van der Waals surface area contributed by atoms with Crippen LogP contribution in [0.15, 0.2) is 12.7 Å². The second-order valence-electron chi connectivity index (χ2n) is 1.50. The average molecular weight is 129 g/mol. The molecule has 0 amide bonds. The minimum Gasteiger partial charge on any atom is -0.376 e. The first-order valence-corrected chi connectivity index (χ1v) is 3.12. The van der Waals surface area contributed by atoms with Gasteiger partial charge < -0.3 is 5.32 Å². The molecule has 0 saturated carbocycles. The Kier molecular flexibility index (Phi) is 4.56. The minimum absolute atomic E-state index is 0.742. The molecule has 0 aliphatic heterocycles. The zero-order valence-corrected chi connectivity index (χ0v) is 5.92. The highest BCUT2D eigenvalue weighted by molar-refractivity contribution is 7.80. The first-order valence-electron chi connectivity index (χ1n) is 2.71. The Morgan fingerprint density at radius 1 is 1.88 bits per heavy atom. The number of hydrogen-bond acceptors (Lipinski definition) is 1. The highest BCUT2D eigenvalue weighted by Crippen LogP contribution is 1.74. The number of rotatable bonds is 3. The van der Waals surface area contributed by atoms with Crippen molar-refractivity contribution in [2.24, 2.45) is 0 Å². The molecular weight excluding hydrogens is 118 g/mol. The van der Waals surface area contributed by atoms with E-state index in [1.807, 2.05) is 0 Å². The highest BCUT2D eigenvalue weighted by Gasteiger charge is 1.82. The van der Waals surface area contributed by atoms with Gasteiger partial charge in [-0.2, -0.15) is 0 Å². The van der Waals surface area contributed by atoms with Gasteiger partial charge in [0.25, 0.3) is 0 Å². The van der Waals surface area contributed by atoms with E-state index in [4.69, 9.17) is 12.2 Å². The summed E-state index contributed by atoms with van der Waals surface area (Å²) in [5.74, 6) is 0. The Balaban J connectivity index is 3.11. The molecule has 0 aliphatic carbocycles. The van der Waals surface area contributed by atoms with Crippen molar-refractivity contribution in [3.63, 3.8) is 0 Å². The molecule has 0 aliphatic rings. The summed E-state index contributed by atoms with van der Waals surface area (Å²) in [6, 6.07) is 0. The molecule has 0 aromatic carbocycles. The molecule has 46 valence electrons. The predicted molar refractivity (Wildman–Crippen MR) is 41.1 cm³/mol. The molecule has 0 fully saturated rings. The average Bonchev–Trinajstić information content (AvgIpc) is 1.83. The highest BCUT2D eigenvalue weighted by atomic mass is 32.1. The van der Waals surface area contributed by atoms with Gasteiger partial charge in [-0.15, -0.1) is 0 Å². The normalized spacial score (nSPS) is 8.12. The minimum atomic E-state index is 0.742. The van der Waals surface area contributed by atoms with E-state index < -0.39 is 0 Å². The predicted octanol–water partition coefficient (Wildman–Crippen LogP) is 1.50. The maximum absolute atomic E-state index is 4.79. The molecule has 0 heterocycles. The van der Waals surface area contributed by atoms with Crippen LogP contribution in [-0.4, -0.2) is 11.5 Å². The van der Waals surface area contributed by atoms with Gasteiger partial charge in [-0.1, -0.05) is 25.7 Å². The topological polar surface area (TPSA) is 12.0 Å². The zero-order chi connectivity index (χ0) is 6.41. The summed E-state index contributed by atoms with van der Waals surface area (Å²) in [5, 5.41) is 3.00. The molecular formula is C6H11NS. The maximum atomic E-state index is 4.79. The summed E-state index contributed by atoms with van der Waals surface area (Å²) >= 11 is 4.79. The van der Waals surface area contributed by atoms with Gasteiger partial charge in [-0.05, 0) is 12.5 Å². The van der Waals surface area contributed by atoms with Gasteiger partial charge in [0.1, 0.15) is 0 Å². The van der Waals surface area contributed by atoms with Gasteiger partial charge in [0.2, 0.25) is 0 Å². The maximum Gasteiger partial charge on any atom is 0.0982 e. The van der Waals surface area contributed by atoms with Gasteiger partial charge in [-0.25, -0.2) is 0 Å². The van der Waals surface area contributed by atoms with Crippen molar-refractivity contribution in [1.29, 1.82) is 0 Å². The third-order valence-corrected chi connectivity index (χ3v) is 1.05. The van der Waals surface area contributed by atoms with Crippen LogP contribution in [0.1, 0.15) is 13.3 Å². The Morgan fingerprint density at radius 3 is 2.88 bits per heavy atom. The second-order valence-corrected chi connectivity index (χ2v) is 1.93. The monoisotopic (exact) mass is 129 g/mol. The molecule has 0 saturated heterocycles. The van der Waals surface area contributed by atoms with E-state index in [-0.39, 0.29) is 0 Å². The molecule has 1 N–H and O–H groups in total. The molecule has 0 atom stereocenters. The summed E-state index contributed by atoms with van der Waals surface area (Å²) < 4.78 is 0. The van der Waals surface area contributed by atoms with Crippen LogP contribution in [0.4, 0.5) is 0 Å². The quantitative estimate of drug-likeness (QED) is 0.458. The molecule has 2 heteroatoms. The van der Waals surface area contributed by atoms with Crippen LogP contribution in [0.5, 0.6) is 0 Å². The van der Waals surface area contributed by atoms with Crippen molar-refractivity contribution in [3.8, 4) is 0 Å². The van der Waals surface area contributed by atoms with E-state index >= 15 is 0 Å². The van der Waals surface area contributed by atoms with Crippen LogP contribution in [-0.2, 0) is 0 Å². The van der Waals surface area contributed by atoms with E-state index in [2.05, 4.69) is 18.8 Å².